The van der Waals surface area contributed by atoms with Crippen LogP contribution in [-0.2, 0) is 14.3 Å². The number of anilines is 1. The lowest BCUT2D eigenvalue weighted by atomic mass is 10.1. The maximum atomic E-state index is 12.2. The Bertz CT molecular complexity index is 926. The molecule has 2 aromatic carbocycles. The smallest absolute Gasteiger partial charge is 0.344 e. The first-order chi connectivity index (χ1) is 14.9. The standard InChI is InChI=1S/C22H24N2O7/c1-2-3-4-9-21(26)23-17-12-10-16(11-13-17)19(25)14-31-22(27)15-30-20-8-6-5-7-18(20)24(28)29/h5-8,10-13H,2-4,9,14-15H2,1H3,(H,23,26). The van der Waals surface area contributed by atoms with Crippen molar-refractivity contribution in [1.29, 1.82) is 0 Å². The number of unbranched alkanes of at least 4 members (excludes halogenated alkanes) is 2. The van der Waals surface area contributed by atoms with E-state index in [0.717, 1.165) is 19.3 Å². The van der Waals surface area contributed by atoms with E-state index in [0.29, 0.717) is 17.7 Å². The summed E-state index contributed by atoms with van der Waals surface area (Å²) in [4.78, 5) is 46.1. The van der Waals surface area contributed by atoms with Gasteiger partial charge >= 0.3 is 11.7 Å². The minimum absolute atomic E-state index is 0.0666. The molecule has 1 amide bonds. The Balaban J connectivity index is 1.78. The van der Waals surface area contributed by atoms with Crippen molar-refractivity contribution in [2.45, 2.75) is 32.6 Å². The molecule has 0 aliphatic rings. The Morgan fingerprint density at radius 1 is 1.00 bits per heavy atom. The summed E-state index contributed by atoms with van der Waals surface area (Å²) in [6.45, 7) is 0.996. The number of nitrogens with one attached hydrogen (secondary N) is 1. The van der Waals surface area contributed by atoms with Gasteiger partial charge in [-0.3, -0.25) is 19.7 Å². The van der Waals surface area contributed by atoms with Crippen LogP contribution in [0.4, 0.5) is 11.4 Å². The fraction of sp³-hybridized carbons (Fsp3) is 0.318. The first-order valence-corrected chi connectivity index (χ1v) is 9.85. The van der Waals surface area contributed by atoms with Gasteiger partial charge in [-0.2, -0.15) is 0 Å². The Morgan fingerprint density at radius 3 is 2.39 bits per heavy atom. The second-order valence-electron chi connectivity index (χ2n) is 6.68. The van der Waals surface area contributed by atoms with Gasteiger partial charge in [0.15, 0.2) is 24.7 Å². The zero-order valence-electron chi connectivity index (χ0n) is 17.2. The molecular formula is C22H24N2O7. The van der Waals surface area contributed by atoms with Crippen molar-refractivity contribution in [2.75, 3.05) is 18.5 Å². The first-order valence-electron chi connectivity index (χ1n) is 9.85. The first kappa shape index (κ1) is 23.5. The molecule has 2 aromatic rings. The molecule has 0 aromatic heterocycles. The predicted molar refractivity (Wildman–Crippen MR) is 113 cm³/mol. The summed E-state index contributed by atoms with van der Waals surface area (Å²) in [5.74, 6) is -1.41. The van der Waals surface area contributed by atoms with Crippen molar-refractivity contribution in [3.8, 4) is 5.75 Å². The number of ketones is 1. The van der Waals surface area contributed by atoms with E-state index in [4.69, 9.17) is 9.47 Å². The number of rotatable bonds is 12. The third-order valence-electron chi connectivity index (χ3n) is 4.27. The summed E-state index contributed by atoms with van der Waals surface area (Å²) in [6, 6.07) is 11.9. The molecule has 0 saturated heterocycles. The highest BCUT2D eigenvalue weighted by atomic mass is 16.6. The van der Waals surface area contributed by atoms with E-state index < -0.39 is 29.9 Å². The van der Waals surface area contributed by atoms with Gasteiger partial charge in [0.05, 0.1) is 4.92 Å². The van der Waals surface area contributed by atoms with E-state index in [9.17, 15) is 24.5 Å². The molecule has 31 heavy (non-hydrogen) atoms. The molecule has 0 radical (unpaired) electrons. The molecule has 9 nitrogen and oxygen atoms in total. The van der Waals surface area contributed by atoms with Gasteiger partial charge in [0, 0.05) is 23.7 Å². The van der Waals surface area contributed by atoms with Gasteiger partial charge in [-0.25, -0.2) is 4.79 Å². The Hall–Kier alpha value is -3.75. The average Bonchev–Trinajstić information content (AvgIpc) is 2.76. The fourth-order valence-electron chi connectivity index (χ4n) is 2.64. The van der Waals surface area contributed by atoms with Crippen LogP contribution >= 0.6 is 0 Å². The summed E-state index contributed by atoms with van der Waals surface area (Å²) < 4.78 is 10.00. The largest absolute Gasteiger partial charge is 0.475 e. The lowest BCUT2D eigenvalue weighted by Crippen LogP contribution is -2.19. The zero-order chi connectivity index (χ0) is 22.6. The number of para-hydroxylation sites is 2. The maximum absolute atomic E-state index is 12.2. The van der Waals surface area contributed by atoms with Crippen LogP contribution in [0.1, 0.15) is 43.0 Å². The lowest BCUT2D eigenvalue weighted by molar-refractivity contribution is -0.385. The molecule has 0 atom stereocenters. The number of nitrogens with zero attached hydrogens (tertiary/aromatic N) is 1. The molecule has 1 N–H and O–H groups in total. The highest BCUT2D eigenvalue weighted by molar-refractivity contribution is 5.98. The van der Waals surface area contributed by atoms with E-state index in [2.05, 4.69) is 12.2 Å². The van der Waals surface area contributed by atoms with Crippen molar-refractivity contribution in [3.63, 3.8) is 0 Å². The second-order valence-corrected chi connectivity index (χ2v) is 6.68. The summed E-state index contributed by atoms with van der Waals surface area (Å²) >= 11 is 0. The number of carbonyl (C=O) groups is 3. The number of benzene rings is 2. The molecular weight excluding hydrogens is 404 g/mol. The van der Waals surface area contributed by atoms with Crippen molar-refractivity contribution in [3.05, 3.63) is 64.2 Å². The zero-order valence-corrected chi connectivity index (χ0v) is 17.2. The predicted octanol–water partition coefficient (Wildman–Crippen LogP) is 3.92. The van der Waals surface area contributed by atoms with Crippen molar-refractivity contribution >= 4 is 29.0 Å². The second kappa shape index (κ2) is 12.1. The van der Waals surface area contributed by atoms with Crippen LogP contribution in [0, 0.1) is 10.1 Å². The van der Waals surface area contributed by atoms with Gasteiger partial charge in [-0.05, 0) is 36.8 Å². The van der Waals surface area contributed by atoms with Gasteiger partial charge in [0.25, 0.3) is 0 Å². The number of ether oxygens (including phenoxy) is 2. The number of carbonyl (C=O) groups excluding carboxylic acids is 3. The monoisotopic (exact) mass is 428 g/mol. The van der Waals surface area contributed by atoms with Gasteiger partial charge < -0.3 is 14.8 Å². The summed E-state index contributed by atoms with van der Waals surface area (Å²) in [5.41, 5.74) is 0.619. The highest BCUT2D eigenvalue weighted by Gasteiger charge is 2.16. The van der Waals surface area contributed by atoms with Crippen LogP contribution in [-0.4, -0.2) is 35.8 Å². The van der Waals surface area contributed by atoms with Gasteiger partial charge in [0.2, 0.25) is 5.91 Å². The molecule has 0 spiro atoms. The molecule has 0 bridgehead atoms. The minimum atomic E-state index is -0.831. The van der Waals surface area contributed by atoms with Gasteiger partial charge in [-0.1, -0.05) is 31.9 Å². The molecule has 164 valence electrons. The van der Waals surface area contributed by atoms with Crippen LogP contribution in [0.2, 0.25) is 0 Å². The number of esters is 1. The summed E-state index contributed by atoms with van der Waals surface area (Å²) in [6.07, 6.45) is 3.30. The molecule has 0 heterocycles. The van der Waals surface area contributed by atoms with Crippen molar-refractivity contribution < 1.29 is 28.8 Å². The van der Waals surface area contributed by atoms with E-state index >= 15 is 0 Å². The normalized spacial score (nSPS) is 10.2. The molecule has 0 aliphatic heterocycles. The van der Waals surface area contributed by atoms with E-state index in [1.807, 2.05) is 0 Å². The van der Waals surface area contributed by atoms with Crippen molar-refractivity contribution in [1.82, 2.24) is 0 Å². The molecule has 0 unspecified atom stereocenters. The number of nitro groups is 1. The highest BCUT2D eigenvalue weighted by Crippen LogP contribution is 2.25. The van der Waals surface area contributed by atoms with E-state index in [1.54, 1.807) is 12.1 Å². The van der Waals surface area contributed by atoms with E-state index in [1.165, 1.54) is 36.4 Å². The molecule has 0 aliphatic carbocycles. The average molecular weight is 428 g/mol. The number of amides is 1. The minimum Gasteiger partial charge on any atom is -0.475 e. The van der Waals surface area contributed by atoms with Crippen LogP contribution in [0.5, 0.6) is 5.75 Å². The maximum Gasteiger partial charge on any atom is 0.344 e. The SMILES string of the molecule is CCCCCC(=O)Nc1ccc(C(=O)COC(=O)COc2ccccc2[N+](=O)[O-])cc1. The number of hydrogen-bond acceptors (Lipinski definition) is 7. The Labute approximate surface area is 179 Å². The fourth-order valence-corrected chi connectivity index (χ4v) is 2.64. The third kappa shape index (κ3) is 7.88. The van der Waals surface area contributed by atoms with E-state index in [-0.39, 0.29) is 17.3 Å². The topological polar surface area (TPSA) is 125 Å². The molecule has 0 fully saturated rings. The quantitative estimate of drug-likeness (QED) is 0.179. The Kier molecular flexibility index (Phi) is 9.15. The lowest BCUT2D eigenvalue weighted by Gasteiger charge is -2.08. The Morgan fingerprint density at radius 2 is 1.71 bits per heavy atom. The van der Waals surface area contributed by atoms with Crippen LogP contribution in [0.15, 0.2) is 48.5 Å². The van der Waals surface area contributed by atoms with Crippen LogP contribution in [0.3, 0.4) is 0 Å². The van der Waals surface area contributed by atoms with Crippen LogP contribution < -0.4 is 10.1 Å². The number of Topliss-reactive ketones (excluding diaryl/α,β-unsaturated/α-hetero) is 1. The van der Waals surface area contributed by atoms with Gasteiger partial charge in [0.1, 0.15) is 0 Å². The molecule has 2 rings (SSSR count). The van der Waals surface area contributed by atoms with Crippen LogP contribution in [0.25, 0.3) is 0 Å². The van der Waals surface area contributed by atoms with Crippen molar-refractivity contribution in [2.24, 2.45) is 0 Å². The molecule has 9 heteroatoms. The number of hydrogen-bond donors (Lipinski definition) is 1. The third-order valence-corrected chi connectivity index (χ3v) is 4.27. The molecule has 0 saturated carbocycles. The summed E-state index contributed by atoms with van der Waals surface area (Å²) in [5, 5.41) is 13.7. The summed E-state index contributed by atoms with van der Waals surface area (Å²) in [7, 11) is 0. The number of nitro benzene ring substituents is 1. The van der Waals surface area contributed by atoms with Gasteiger partial charge in [-0.15, -0.1) is 0 Å².